The van der Waals surface area contributed by atoms with Crippen molar-refractivity contribution in [3.63, 3.8) is 0 Å². The number of hydrogen-bond acceptors (Lipinski definition) is 3. The number of carbonyl (C=O) groups is 1. The van der Waals surface area contributed by atoms with Crippen LogP contribution in [0.2, 0.25) is 0 Å². The van der Waals surface area contributed by atoms with Gasteiger partial charge in [0, 0.05) is 10.6 Å². The molecule has 0 fully saturated rings. The lowest BCUT2D eigenvalue weighted by molar-refractivity contribution is 0.0938. The van der Waals surface area contributed by atoms with Crippen LogP contribution in [0.25, 0.3) is 10.4 Å². The molecule has 0 aliphatic carbocycles. The standard InChI is InChI=1S/C17H19N5O/c1-11(14-7-5-4-6-8-14)21-17(23)16-9-15(10-19-22-18)12(2)20-13(16)3/h4-9,11H,10H2,1-3H3,(H,21,23)/t11-/m0/s1. The summed E-state index contributed by atoms with van der Waals surface area (Å²) in [6.07, 6.45) is 0. The molecule has 1 amide bonds. The van der Waals surface area contributed by atoms with Crippen LogP contribution in [0.4, 0.5) is 0 Å². The van der Waals surface area contributed by atoms with E-state index in [1.165, 1.54) is 0 Å². The molecule has 0 aliphatic heterocycles. The Morgan fingerprint density at radius 2 is 2.00 bits per heavy atom. The summed E-state index contributed by atoms with van der Waals surface area (Å²) in [5.41, 5.74) is 12.2. The molecule has 0 radical (unpaired) electrons. The lowest BCUT2D eigenvalue weighted by Gasteiger charge is -2.16. The molecule has 118 valence electrons. The molecule has 2 aromatic rings. The summed E-state index contributed by atoms with van der Waals surface area (Å²) in [4.78, 5) is 19.7. The minimum Gasteiger partial charge on any atom is -0.345 e. The Bertz CT molecular complexity index is 751. The summed E-state index contributed by atoms with van der Waals surface area (Å²) >= 11 is 0. The molecule has 0 bridgehead atoms. The van der Waals surface area contributed by atoms with Crippen molar-refractivity contribution in [2.75, 3.05) is 0 Å². The van der Waals surface area contributed by atoms with Crippen LogP contribution in [0, 0.1) is 13.8 Å². The molecule has 6 heteroatoms. The highest BCUT2D eigenvalue weighted by Gasteiger charge is 2.16. The van der Waals surface area contributed by atoms with Gasteiger partial charge in [-0.05, 0) is 43.5 Å². The zero-order chi connectivity index (χ0) is 16.8. The van der Waals surface area contributed by atoms with Gasteiger partial charge in [-0.25, -0.2) is 0 Å². The fourth-order valence-electron chi connectivity index (χ4n) is 2.36. The number of azide groups is 1. The van der Waals surface area contributed by atoms with Crippen LogP contribution in [0.5, 0.6) is 0 Å². The van der Waals surface area contributed by atoms with Crippen LogP contribution >= 0.6 is 0 Å². The first-order valence-corrected chi connectivity index (χ1v) is 7.36. The van der Waals surface area contributed by atoms with E-state index in [4.69, 9.17) is 5.53 Å². The first-order valence-electron chi connectivity index (χ1n) is 7.36. The number of pyridine rings is 1. The molecule has 0 unspecified atom stereocenters. The number of hydrogen-bond donors (Lipinski definition) is 1. The third-order valence-electron chi connectivity index (χ3n) is 3.70. The largest absolute Gasteiger partial charge is 0.345 e. The topological polar surface area (TPSA) is 90.8 Å². The molecular weight excluding hydrogens is 290 g/mol. The molecule has 1 heterocycles. The smallest absolute Gasteiger partial charge is 0.253 e. The molecule has 1 N–H and O–H groups in total. The highest BCUT2D eigenvalue weighted by molar-refractivity contribution is 5.95. The van der Waals surface area contributed by atoms with Gasteiger partial charge in [0.05, 0.1) is 23.8 Å². The highest BCUT2D eigenvalue weighted by Crippen LogP contribution is 2.16. The Hall–Kier alpha value is -2.85. The van der Waals surface area contributed by atoms with Gasteiger partial charge in [0.15, 0.2) is 0 Å². The molecule has 1 aromatic carbocycles. The summed E-state index contributed by atoms with van der Waals surface area (Å²) < 4.78 is 0. The van der Waals surface area contributed by atoms with Crippen LogP contribution in [-0.2, 0) is 6.54 Å². The van der Waals surface area contributed by atoms with Crippen LogP contribution < -0.4 is 5.32 Å². The minimum absolute atomic E-state index is 0.106. The lowest BCUT2D eigenvalue weighted by Crippen LogP contribution is -2.27. The fraction of sp³-hybridized carbons (Fsp3) is 0.294. The number of aryl methyl sites for hydroxylation is 2. The van der Waals surface area contributed by atoms with Gasteiger partial charge in [-0.15, -0.1) is 0 Å². The maximum absolute atomic E-state index is 12.5. The van der Waals surface area contributed by atoms with Crippen molar-refractivity contribution in [1.29, 1.82) is 0 Å². The van der Waals surface area contributed by atoms with E-state index in [-0.39, 0.29) is 18.5 Å². The molecular formula is C17H19N5O. The molecule has 6 nitrogen and oxygen atoms in total. The second kappa shape index (κ2) is 7.42. The van der Waals surface area contributed by atoms with Crippen molar-refractivity contribution >= 4 is 5.91 Å². The summed E-state index contributed by atoms with van der Waals surface area (Å²) in [5.74, 6) is -0.187. The quantitative estimate of drug-likeness (QED) is 0.513. The fourth-order valence-corrected chi connectivity index (χ4v) is 2.36. The van der Waals surface area contributed by atoms with Gasteiger partial charge in [0.1, 0.15) is 0 Å². The van der Waals surface area contributed by atoms with Gasteiger partial charge in [0.2, 0.25) is 0 Å². The van der Waals surface area contributed by atoms with Crippen LogP contribution in [-0.4, -0.2) is 10.9 Å². The van der Waals surface area contributed by atoms with E-state index in [9.17, 15) is 4.79 Å². The predicted octanol–water partition coefficient (Wildman–Crippen LogP) is 4.00. The van der Waals surface area contributed by atoms with E-state index in [0.717, 1.165) is 16.8 Å². The average molecular weight is 309 g/mol. The molecule has 23 heavy (non-hydrogen) atoms. The third-order valence-corrected chi connectivity index (χ3v) is 3.70. The Morgan fingerprint density at radius 3 is 2.65 bits per heavy atom. The van der Waals surface area contributed by atoms with E-state index < -0.39 is 0 Å². The second-order valence-corrected chi connectivity index (χ2v) is 5.36. The van der Waals surface area contributed by atoms with Crippen molar-refractivity contribution < 1.29 is 4.79 Å². The van der Waals surface area contributed by atoms with Gasteiger partial charge in [0.25, 0.3) is 5.91 Å². The van der Waals surface area contributed by atoms with E-state index in [2.05, 4.69) is 20.3 Å². The number of aromatic nitrogens is 1. The number of carbonyl (C=O) groups excluding carboxylic acids is 1. The van der Waals surface area contributed by atoms with E-state index in [1.807, 2.05) is 44.2 Å². The molecule has 0 spiro atoms. The highest BCUT2D eigenvalue weighted by atomic mass is 16.1. The van der Waals surface area contributed by atoms with Gasteiger partial charge in [-0.1, -0.05) is 35.4 Å². The Balaban J connectivity index is 2.23. The monoisotopic (exact) mass is 309 g/mol. The maximum atomic E-state index is 12.5. The number of rotatable bonds is 5. The van der Waals surface area contributed by atoms with Gasteiger partial charge >= 0.3 is 0 Å². The molecule has 0 saturated carbocycles. The van der Waals surface area contributed by atoms with Crippen molar-refractivity contribution in [1.82, 2.24) is 10.3 Å². The van der Waals surface area contributed by atoms with E-state index in [1.54, 1.807) is 13.0 Å². The average Bonchev–Trinajstić information content (AvgIpc) is 2.54. The van der Waals surface area contributed by atoms with E-state index >= 15 is 0 Å². The summed E-state index contributed by atoms with van der Waals surface area (Å²) in [7, 11) is 0. The number of amides is 1. The minimum atomic E-state index is -0.187. The zero-order valence-corrected chi connectivity index (χ0v) is 13.4. The maximum Gasteiger partial charge on any atom is 0.253 e. The van der Waals surface area contributed by atoms with Crippen LogP contribution in [0.3, 0.4) is 0 Å². The number of nitrogens with zero attached hydrogens (tertiary/aromatic N) is 4. The van der Waals surface area contributed by atoms with Gasteiger partial charge in [-0.2, -0.15) is 0 Å². The van der Waals surface area contributed by atoms with Crippen LogP contribution in [0.1, 0.15) is 45.8 Å². The molecule has 2 rings (SSSR count). The first-order chi connectivity index (χ1) is 11.0. The summed E-state index contributed by atoms with van der Waals surface area (Å²) in [6.45, 7) is 5.76. The summed E-state index contributed by atoms with van der Waals surface area (Å²) in [5, 5.41) is 6.52. The first kappa shape index (κ1) is 16.5. The Kier molecular flexibility index (Phi) is 5.33. The van der Waals surface area contributed by atoms with Crippen molar-refractivity contribution in [3.05, 3.63) is 74.9 Å². The summed E-state index contributed by atoms with van der Waals surface area (Å²) in [6, 6.07) is 11.4. The molecule has 1 aromatic heterocycles. The third kappa shape index (κ3) is 4.08. The van der Waals surface area contributed by atoms with Crippen molar-refractivity contribution in [2.45, 2.75) is 33.4 Å². The van der Waals surface area contributed by atoms with E-state index in [0.29, 0.717) is 11.3 Å². The second-order valence-electron chi connectivity index (χ2n) is 5.36. The predicted molar refractivity (Wildman–Crippen MR) is 88.9 cm³/mol. The molecule has 0 aliphatic rings. The van der Waals surface area contributed by atoms with Gasteiger partial charge < -0.3 is 5.32 Å². The van der Waals surface area contributed by atoms with Crippen LogP contribution in [0.15, 0.2) is 41.5 Å². The van der Waals surface area contributed by atoms with Crippen molar-refractivity contribution in [3.8, 4) is 0 Å². The number of nitrogens with one attached hydrogen (secondary N) is 1. The van der Waals surface area contributed by atoms with Gasteiger partial charge in [-0.3, -0.25) is 9.78 Å². The zero-order valence-electron chi connectivity index (χ0n) is 13.4. The Morgan fingerprint density at radius 1 is 1.30 bits per heavy atom. The SMILES string of the molecule is Cc1nc(C)c(C(=O)N[C@@H](C)c2ccccc2)cc1CN=[N+]=[N-]. The Labute approximate surface area is 135 Å². The van der Waals surface area contributed by atoms with Crippen molar-refractivity contribution in [2.24, 2.45) is 5.11 Å². The molecule has 0 saturated heterocycles. The normalized spacial score (nSPS) is 11.4. The number of benzene rings is 1. The lowest BCUT2D eigenvalue weighted by atomic mass is 10.1. The molecule has 1 atom stereocenters.